The lowest BCUT2D eigenvalue weighted by atomic mass is 10.0. The fourth-order valence-electron chi connectivity index (χ4n) is 2.91. The van der Waals surface area contributed by atoms with Crippen molar-refractivity contribution in [3.63, 3.8) is 0 Å². The number of rotatable bonds is 18. The molecule has 0 aromatic rings. The first kappa shape index (κ1) is 22.8. The Bertz CT molecular complexity index is 326. The Kier molecular flexibility index (Phi) is 17.2. The Balaban J connectivity index is 3.09. The van der Waals surface area contributed by atoms with E-state index >= 15 is 0 Å². The summed E-state index contributed by atoms with van der Waals surface area (Å²) in [4.78, 5) is 11.1. The van der Waals surface area contributed by atoms with Crippen molar-refractivity contribution in [2.24, 2.45) is 0 Å². The molecule has 0 heterocycles. The maximum atomic E-state index is 11.1. The van der Waals surface area contributed by atoms with Gasteiger partial charge in [-0.15, -0.1) is 0 Å². The number of carbonyl (C=O) groups is 1. The van der Waals surface area contributed by atoms with Crippen LogP contribution in [0.25, 0.3) is 0 Å². The summed E-state index contributed by atoms with van der Waals surface area (Å²) in [5.74, 6) is 0.174. The quantitative estimate of drug-likeness (QED) is 0.309. The van der Waals surface area contributed by atoms with Crippen LogP contribution in [-0.4, -0.2) is 13.0 Å². The van der Waals surface area contributed by atoms with Gasteiger partial charge in [-0.1, -0.05) is 83.8 Å². The third-order valence-electron chi connectivity index (χ3n) is 4.47. The summed E-state index contributed by atoms with van der Waals surface area (Å²) in [5, 5.41) is 5.72. The molecule has 1 amide bonds. The van der Waals surface area contributed by atoms with Crippen LogP contribution in [0.3, 0.4) is 0 Å². The van der Waals surface area contributed by atoms with Crippen LogP contribution in [-0.2, 0) is 4.79 Å². The molecule has 0 unspecified atom stereocenters. The van der Waals surface area contributed by atoms with Gasteiger partial charge >= 0.3 is 0 Å². The molecule has 140 valence electrons. The molecule has 0 spiro atoms. The molecule has 0 fully saturated rings. The summed E-state index contributed by atoms with van der Waals surface area (Å²) in [6, 6.07) is 0. The first-order valence-electron chi connectivity index (χ1n) is 9.96. The predicted molar refractivity (Wildman–Crippen MR) is 106 cm³/mol. The zero-order chi connectivity index (χ0) is 17.9. The van der Waals surface area contributed by atoms with Crippen molar-refractivity contribution in [2.45, 2.75) is 96.3 Å². The first-order valence-corrected chi connectivity index (χ1v) is 9.96. The second-order valence-corrected chi connectivity index (χ2v) is 6.72. The molecule has 2 N–H and O–H groups in total. The van der Waals surface area contributed by atoms with Crippen LogP contribution in [0.1, 0.15) is 96.3 Å². The molecule has 0 aliphatic rings. The molecule has 0 rings (SSSR count). The van der Waals surface area contributed by atoms with Gasteiger partial charge in [0, 0.05) is 19.2 Å². The van der Waals surface area contributed by atoms with Gasteiger partial charge in [-0.25, -0.2) is 0 Å². The highest BCUT2D eigenvalue weighted by Gasteiger charge is 1.98. The van der Waals surface area contributed by atoms with Gasteiger partial charge in [-0.05, 0) is 25.5 Å². The molecule has 0 aromatic carbocycles. The standard InChI is InChI=1S/C21H40N2O/c1-4-23-20(2)18-16-14-12-10-8-6-5-7-9-11-13-15-17-19-21(24)22-3/h4,23H,1-2,5-19H2,3H3,(H,22,24). The van der Waals surface area contributed by atoms with E-state index in [-0.39, 0.29) is 5.91 Å². The minimum atomic E-state index is 0.174. The van der Waals surface area contributed by atoms with Gasteiger partial charge < -0.3 is 10.6 Å². The summed E-state index contributed by atoms with van der Waals surface area (Å²) < 4.78 is 0. The molecule has 24 heavy (non-hydrogen) atoms. The predicted octanol–water partition coefficient (Wildman–Crippen LogP) is 5.83. The van der Waals surface area contributed by atoms with Crippen molar-refractivity contribution in [2.75, 3.05) is 7.05 Å². The third-order valence-corrected chi connectivity index (χ3v) is 4.47. The Morgan fingerprint density at radius 1 is 0.750 bits per heavy atom. The van der Waals surface area contributed by atoms with Crippen molar-refractivity contribution < 1.29 is 4.79 Å². The summed E-state index contributed by atoms with van der Waals surface area (Å²) in [5.41, 5.74) is 1.08. The van der Waals surface area contributed by atoms with Crippen molar-refractivity contribution in [3.05, 3.63) is 25.1 Å². The molecule has 0 atom stereocenters. The second-order valence-electron chi connectivity index (χ2n) is 6.72. The third kappa shape index (κ3) is 17.1. The van der Waals surface area contributed by atoms with E-state index in [1.54, 1.807) is 13.2 Å². The van der Waals surface area contributed by atoms with E-state index in [1.807, 2.05) is 0 Å². The van der Waals surface area contributed by atoms with Crippen molar-refractivity contribution in [3.8, 4) is 0 Å². The lowest BCUT2D eigenvalue weighted by molar-refractivity contribution is -0.120. The molecule has 0 bridgehead atoms. The zero-order valence-corrected chi connectivity index (χ0v) is 16.0. The van der Waals surface area contributed by atoms with E-state index in [4.69, 9.17) is 0 Å². The summed E-state index contributed by atoms with van der Waals surface area (Å²) in [7, 11) is 1.71. The number of allylic oxidation sites excluding steroid dienone is 1. The number of hydrogen-bond donors (Lipinski definition) is 2. The highest BCUT2D eigenvalue weighted by atomic mass is 16.1. The van der Waals surface area contributed by atoms with Crippen molar-refractivity contribution >= 4 is 5.91 Å². The van der Waals surface area contributed by atoms with E-state index < -0.39 is 0 Å². The first-order chi connectivity index (χ1) is 11.7. The fraction of sp³-hybridized carbons (Fsp3) is 0.762. The topological polar surface area (TPSA) is 41.1 Å². The van der Waals surface area contributed by atoms with Gasteiger partial charge in [-0.2, -0.15) is 0 Å². The van der Waals surface area contributed by atoms with Crippen LogP contribution in [0.5, 0.6) is 0 Å². The molecule has 0 aliphatic carbocycles. The van der Waals surface area contributed by atoms with Crippen molar-refractivity contribution in [1.29, 1.82) is 0 Å². The van der Waals surface area contributed by atoms with E-state index in [1.165, 1.54) is 77.0 Å². The molecular weight excluding hydrogens is 296 g/mol. The average Bonchev–Trinajstić information content (AvgIpc) is 2.58. The fourth-order valence-corrected chi connectivity index (χ4v) is 2.91. The largest absolute Gasteiger partial charge is 0.366 e. The average molecular weight is 337 g/mol. The second kappa shape index (κ2) is 18.1. The number of unbranched alkanes of at least 4 members (excludes halogenated alkanes) is 12. The summed E-state index contributed by atoms with van der Waals surface area (Å²) in [6.45, 7) is 7.60. The van der Waals surface area contributed by atoms with Crippen LogP contribution in [0.4, 0.5) is 0 Å². The lowest BCUT2D eigenvalue weighted by Crippen LogP contribution is -2.16. The molecule has 0 saturated heterocycles. The van der Waals surface area contributed by atoms with Crippen LogP contribution in [0, 0.1) is 0 Å². The minimum absolute atomic E-state index is 0.174. The molecular formula is C21H40N2O. The van der Waals surface area contributed by atoms with Gasteiger partial charge in [0.25, 0.3) is 0 Å². The normalized spacial score (nSPS) is 10.4. The number of carbonyl (C=O) groups excluding carboxylic acids is 1. The van der Waals surface area contributed by atoms with Crippen molar-refractivity contribution in [1.82, 2.24) is 10.6 Å². The maximum absolute atomic E-state index is 11.1. The van der Waals surface area contributed by atoms with Gasteiger partial charge in [-0.3, -0.25) is 4.79 Å². The van der Waals surface area contributed by atoms with E-state index in [0.717, 1.165) is 18.5 Å². The minimum Gasteiger partial charge on any atom is -0.366 e. The maximum Gasteiger partial charge on any atom is 0.219 e. The molecule has 3 nitrogen and oxygen atoms in total. The number of amides is 1. The van der Waals surface area contributed by atoms with Gasteiger partial charge in [0.2, 0.25) is 5.91 Å². The Morgan fingerprint density at radius 3 is 1.50 bits per heavy atom. The molecule has 0 saturated carbocycles. The zero-order valence-electron chi connectivity index (χ0n) is 16.0. The van der Waals surface area contributed by atoms with Crippen LogP contribution >= 0.6 is 0 Å². The van der Waals surface area contributed by atoms with E-state index in [2.05, 4.69) is 23.8 Å². The molecule has 0 radical (unpaired) electrons. The van der Waals surface area contributed by atoms with Crippen LogP contribution in [0.2, 0.25) is 0 Å². The van der Waals surface area contributed by atoms with Gasteiger partial charge in [0.15, 0.2) is 0 Å². The number of nitrogens with one attached hydrogen (secondary N) is 2. The SMILES string of the molecule is C=CNC(=C)CCCCCCCCCCCCCCCC(=O)NC. The highest BCUT2D eigenvalue weighted by Crippen LogP contribution is 2.14. The van der Waals surface area contributed by atoms with E-state index in [9.17, 15) is 4.79 Å². The van der Waals surface area contributed by atoms with E-state index in [0.29, 0.717) is 6.42 Å². The molecule has 3 heteroatoms. The highest BCUT2D eigenvalue weighted by molar-refractivity contribution is 5.75. The molecule has 0 aromatic heterocycles. The Labute approximate surface area is 150 Å². The smallest absolute Gasteiger partial charge is 0.219 e. The van der Waals surface area contributed by atoms with Gasteiger partial charge in [0.05, 0.1) is 0 Å². The lowest BCUT2D eigenvalue weighted by Gasteiger charge is -2.05. The van der Waals surface area contributed by atoms with Gasteiger partial charge in [0.1, 0.15) is 0 Å². The van der Waals surface area contributed by atoms with Crippen LogP contribution in [0.15, 0.2) is 25.1 Å². The monoisotopic (exact) mass is 336 g/mol. The van der Waals surface area contributed by atoms with Crippen LogP contribution < -0.4 is 10.6 Å². The summed E-state index contributed by atoms with van der Waals surface area (Å²) in [6.07, 6.45) is 20.5. The Hall–Kier alpha value is -1.25. The Morgan fingerprint density at radius 2 is 1.12 bits per heavy atom. The number of hydrogen-bond acceptors (Lipinski definition) is 2. The molecule has 0 aliphatic heterocycles. The summed E-state index contributed by atoms with van der Waals surface area (Å²) >= 11 is 0.